The molecule has 3 N–H and O–H groups in total. The predicted molar refractivity (Wildman–Crippen MR) is 87.9 cm³/mol. The maximum atomic E-state index is 12.1. The maximum absolute atomic E-state index is 12.1. The van der Waals surface area contributed by atoms with Gasteiger partial charge in [-0.25, -0.2) is 0 Å². The Morgan fingerprint density at radius 2 is 1.79 bits per heavy atom. The van der Waals surface area contributed by atoms with Crippen molar-refractivity contribution < 1.29 is 24.5 Å². The predicted octanol–water partition coefficient (Wildman–Crippen LogP) is 2.70. The van der Waals surface area contributed by atoms with Crippen LogP contribution in [0.15, 0.2) is 45.6 Å². The smallest absolute Gasteiger partial charge is 0.193 e. The van der Waals surface area contributed by atoms with Gasteiger partial charge in [0.1, 0.15) is 11.5 Å². The molecule has 0 aliphatic heterocycles. The van der Waals surface area contributed by atoms with Crippen LogP contribution in [0.5, 0.6) is 23.0 Å². The van der Waals surface area contributed by atoms with E-state index in [0.717, 1.165) is 11.6 Å². The third-order valence-corrected chi connectivity index (χ3v) is 3.75. The topological polar surface area (TPSA) is 100 Å². The van der Waals surface area contributed by atoms with Crippen LogP contribution < -0.4 is 10.2 Å². The van der Waals surface area contributed by atoms with Crippen molar-refractivity contribution in [1.82, 2.24) is 0 Å². The molecule has 2 aromatic carbocycles. The van der Waals surface area contributed by atoms with Crippen LogP contribution in [0.4, 0.5) is 0 Å². The van der Waals surface area contributed by atoms with E-state index in [0.29, 0.717) is 24.4 Å². The highest BCUT2D eigenvalue weighted by molar-refractivity contribution is 5.83. The second-order valence-corrected chi connectivity index (χ2v) is 5.42. The van der Waals surface area contributed by atoms with E-state index in [1.165, 1.54) is 19.2 Å². The molecule has 3 rings (SSSR count). The van der Waals surface area contributed by atoms with Crippen LogP contribution in [0.2, 0.25) is 0 Å². The average molecular weight is 328 g/mol. The zero-order valence-corrected chi connectivity index (χ0v) is 12.9. The van der Waals surface area contributed by atoms with E-state index in [4.69, 9.17) is 9.15 Å². The van der Waals surface area contributed by atoms with Gasteiger partial charge in [-0.15, -0.1) is 0 Å². The normalized spacial score (nSPS) is 10.9. The van der Waals surface area contributed by atoms with Gasteiger partial charge >= 0.3 is 0 Å². The molecule has 0 aliphatic carbocycles. The Bertz CT molecular complexity index is 958. The van der Waals surface area contributed by atoms with Gasteiger partial charge in [-0.3, -0.25) is 4.79 Å². The molecular formula is C18H16O6. The third kappa shape index (κ3) is 2.99. The molecule has 0 unspecified atom stereocenters. The summed E-state index contributed by atoms with van der Waals surface area (Å²) >= 11 is 0. The lowest BCUT2D eigenvalue weighted by atomic mass is 10.1. The summed E-state index contributed by atoms with van der Waals surface area (Å²) < 4.78 is 10.6. The number of ether oxygens (including phenoxy) is 1. The molecule has 0 aliphatic rings. The Balaban J connectivity index is 1.88. The molecule has 0 saturated carbocycles. The Morgan fingerprint density at radius 1 is 1.00 bits per heavy atom. The van der Waals surface area contributed by atoms with Gasteiger partial charge in [0.05, 0.1) is 12.5 Å². The first-order valence-electron chi connectivity index (χ1n) is 7.32. The number of hydrogen-bond acceptors (Lipinski definition) is 6. The van der Waals surface area contributed by atoms with E-state index in [9.17, 15) is 20.1 Å². The lowest BCUT2D eigenvalue weighted by Gasteiger charge is -2.07. The van der Waals surface area contributed by atoms with E-state index in [1.54, 1.807) is 12.1 Å². The molecule has 0 fully saturated rings. The minimum absolute atomic E-state index is 0.0445. The SMILES string of the molecule is COc1ccc(CCc2cc(=O)c3cc(O)cc(O)c3o2)cc1O. The summed E-state index contributed by atoms with van der Waals surface area (Å²) in [7, 11) is 1.47. The summed E-state index contributed by atoms with van der Waals surface area (Å²) in [5, 5.41) is 29.2. The van der Waals surface area contributed by atoms with E-state index < -0.39 is 0 Å². The van der Waals surface area contributed by atoms with E-state index in [2.05, 4.69) is 0 Å². The van der Waals surface area contributed by atoms with Crippen molar-refractivity contribution in [2.24, 2.45) is 0 Å². The minimum Gasteiger partial charge on any atom is -0.508 e. The summed E-state index contributed by atoms with van der Waals surface area (Å²) in [5.41, 5.74) is 0.564. The first-order chi connectivity index (χ1) is 11.5. The van der Waals surface area contributed by atoms with Gasteiger partial charge in [0.15, 0.2) is 28.3 Å². The molecule has 1 aromatic heterocycles. The van der Waals surface area contributed by atoms with Crippen molar-refractivity contribution in [3.8, 4) is 23.0 Å². The standard InChI is InChI=1S/C18H16O6/c1-23-17-5-3-10(6-15(17)21)2-4-12-9-14(20)13-7-11(19)8-16(22)18(13)24-12/h3,5-9,19,21-22H,2,4H2,1H3. The van der Waals surface area contributed by atoms with Crippen LogP contribution in [0.25, 0.3) is 11.0 Å². The summed E-state index contributed by atoms with van der Waals surface area (Å²) in [6, 6.07) is 8.78. The summed E-state index contributed by atoms with van der Waals surface area (Å²) in [6.07, 6.45) is 0.947. The van der Waals surface area contributed by atoms with Gasteiger partial charge in [0, 0.05) is 18.6 Å². The first kappa shape index (κ1) is 15.7. The van der Waals surface area contributed by atoms with Crippen molar-refractivity contribution in [2.45, 2.75) is 12.8 Å². The lowest BCUT2D eigenvalue weighted by Crippen LogP contribution is -2.03. The zero-order chi connectivity index (χ0) is 17.3. The average Bonchev–Trinajstić information content (AvgIpc) is 2.54. The molecule has 0 atom stereocenters. The second-order valence-electron chi connectivity index (χ2n) is 5.42. The number of rotatable bonds is 4. The summed E-state index contributed by atoms with van der Waals surface area (Å²) in [5.74, 6) is 0.354. The van der Waals surface area contributed by atoms with Gasteiger partial charge in [-0.1, -0.05) is 6.07 Å². The molecule has 0 spiro atoms. The highest BCUT2D eigenvalue weighted by atomic mass is 16.5. The molecule has 3 aromatic rings. The van der Waals surface area contributed by atoms with Crippen LogP contribution in [-0.2, 0) is 12.8 Å². The number of hydrogen-bond donors (Lipinski definition) is 3. The fourth-order valence-electron chi connectivity index (χ4n) is 2.56. The van der Waals surface area contributed by atoms with Crippen LogP contribution >= 0.6 is 0 Å². The molecule has 0 radical (unpaired) electrons. The molecule has 1 heterocycles. The van der Waals surface area contributed by atoms with Crippen molar-refractivity contribution in [3.63, 3.8) is 0 Å². The van der Waals surface area contributed by atoms with Gasteiger partial charge in [0.2, 0.25) is 0 Å². The van der Waals surface area contributed by atoms with Crippen molar-refractivity contribution in [2.75, 3.05) is 7.11 Å². The molecule has 124 valence electrons. The minimum atomic E-state index is -0.338. The highest BCUT2D eigenvalue weighted by Crippen LogP contribution is 2.29. The number of phenolic OH excluding ortho intramolecular Hbond substituents is 3. The fourth-order valence-corrected chi connectivity index (χ4v) is 2.56. The van der Waals surface area contributed by atoms with Gasteiger partial charge < -0.3 is 24.5 Å². The number of aromatic hydroxyl groups is 3. The zero-order valence-electron chi connectivity index (χ0n) is 12.9. The third-order valence-electron chi connectivity index (χ3n) is 3.75. The van der Waals surface area contributed by atoms with Crippen LogP contribution in [0.1, 0.15) is 11.3 Å². The number of aryl methyl sites for hydroxylation is 2. The van der Waals surface area contributed by atoms with Crippen molar-refractivity contribution >= 4 is 11.0 Å². The fraction of sp³-hybridized carbons (Fsp3) is 0.167. The summed E-state index contributed by atoms with van der Waals surface area (Å²) in [4.78, 5) is 12.1. The van der Waals surface area contributed by atoms with Crippen LogP contribution in [0.3, 0.4) is 0 Å². The molecule has 0 saturated heterocycles. The second kappa shape index (κ2) is 6.16. The molecule has 6 heteroatoms. The molecule has 24 heavy (non-hydrogen) atoms. The Hall–Kier alpha value is -3.15. The van der Waals surface area contributed by atoms with E-state index in [1.807, 2.05) is 6.07 Å². The van der Waals surface area contributed by atoms with Gasteiger partial charge in [-0.2, -0.15) is 0 Å². The van der Waals surface area contributed by atoms with Gasteiger partial charge in [0.25, 0.3) is 0 Å². The Kier molecular flexibility index (Phi) is 4.04. The maximum Gasteiger partial charge on any atom is 0.193 e. The molecule has 6 nitrogen and oxygen atoms in total. The van der Waals surface area contributed by atoms with Crippen molar-refractivity contribution in [3.05, 3.63) is 57.9 Å². The lowest BCUT2D eigenvalue weighted by molar-refractivity contribution is 0.373. The first-order valence-corrected chi connectivity index (χ1v) is 7.32. The highest BCUT2D eigenvalue weighted by Gasteiger charge is 2.11. The van der Waals surface area contributed by atoms with E-state index >= 15 is 0 Å². The van der Waals surface area contributed by atoms with E-state index in [-0.39, 0.29) is 33.6 Å². The Morgan fingerprint density at radius 3 is 2.50 bits per heavy atom. The van der Waals surface area contributed by atoms with Crippen LogP contribution in [0, 0.1) is 0 Å². The Labute approximate surface area is 137 Å². The largest absolute Gasteiger partial charge is 0.508 e. The number of methoxy groups -OCH3 is 1. The molecular weight excluding hydrogens is 312 g/mol. The summed E-state index contributed by atoms with van der Waals surface area (Å²) in [6.45, 7) is 0. The number of benzene rings is 2. The van der Waals surface area contributed by atoms with Crippen molar-refractivity contribution in [1.29, 1.82) is 0 Å². The van der Waals surface area contributed by atoms with Crippen LogP contribution in [-0.4, -0.2) is 22.4 Å². The molecule has 0 amide bonds. The number of fused-ring (bicyclic) bond motifs is 1. The molecule has 0 bridgehead atoms. The number of phenols is 3. The quantitative estimate of drug-likeness (QED) is 0.681. The monoisotopic (exact) mass is 328 g/mol. The van der Waals surface area contributed by atoms with Gasteiger partial charge in [-0.05, 0) is 30.2 Å².